The molecule has 142 valence electrons. The van der Waals surface area contributed by atoms with Crippen LogP contribution >= 0.6 is 0 Å². The molecule has 2 fully saturated rings. The fourth-order valence-electron chi connectivity index (χ4n) is 3.42. The van der Waals surface area contributed by atoms with Gasteiger partial charge in [-0.25, -0.2) is 14.4 Å². The van der Waals surface area contributed by atoms with E-state index in [0.717, 1.165) is 0 Å². The van der Waals surface area contributed by atoms with Crippen molar-refractivity contribution >= 4 is 17.4 Å². The van der Waals surface area contributed by atoms with Gasteiger partial charge < -0.3 is 19.7 Å². The molecule has 0 unspecified atom stereocenters. The van der Waals surface area contributed by atoms with E-state index in [-0.39, 0.29) is 11.7 Å². The van der Waals surface area contributed by atoms with Gasteiger partial charge in [0.2, 0.25) is 0 Å². The van der Waals surface area contributed by atoms with Gasteiger partial charge in [-0.1, -0.05) is 0 Å². The number of piperidine rings is 1. The van der Waals surface area contributed by atoms with E-state index in [0.29, 0.717) is 62.2 Å². The molecule has 0 aliphatic carbocycles. The minimum atomic E-state index is -0.520. The zero-order valence-corrected chi connectivity index (χ0v) is 15.1. The highest BCUT2D eigenvalue weighted by Gasteiger charge is 2.41. The molecule has 2 saturated heterocycles. The summed E-state index contributed by atoms with van der Waals surface area (Å²) in [5.74, 6) is 0.00638. The first-order valence-electron chi connectivity index (χ1n) is 8.99. The highest BCUT2D eigenvalue weighted by molar-refractivity contribution is 5.93. The largest absolute Gasteiger partial charge is 0.347 e. The van der Waals surface area contributed by atoms with E-state index in [2.05, 4.69) is 15.3 Å². The summed E-state index contributed by atoms with van der Waals surface area (Å²) < 4.78 is 24.5. The smallest absolute Gasteiger partial charge is 0.272 e. The summed E-state index contributed by atoms with van der Waals surface area (Å²) in [6, 6.07) is 7.56. The molecule has 1 N–H and O–H groups in total. The third kappa shape index (κ3) is 3.91. The van der Waals surface area contributed by atoms with Crippen molar-refractivity contribution < 1.29 is 18.7 Å². The summed E-state index contributed by atoms with van der Waals surface area (Å²) in [7, 11) is 0. The Morgan fingerprint density at radius 2 is 1.81 bits per heavy atom. The number of halogens is 1. The summed E-state index contributed by atoms with van der Waals surface area (Å²) in [4.78, 5) is 23.2. The lowest BCUT2D eigenvalue weighted by atomic mass is 10.0. The number of amides is 1. The number of ether oxygens (including phenoxy) is 2. The van der Waals surface area contributed by atoms with Crippen LogP contribution < -0.4 is 5.32 Å². The van der Waals surface area contributed by atoms with E-state index >= 15 is 0 Å². The van der Waals surface area contributed by atoms with Gasteiger partial charge in [-0.05, 0) is 31.2 Å². The van der Waals surface area contributed by atoms with Crippen molar-refractivity contribution in [3.8, 4) is 0 Å². The van der Waals surface area contributed by atoms with Crippen molar-refractivity contribution in [2.24, 2.45) is 0 Å². The number of rotatable bonds is 3. The first kappa shape index (κ1) is 17.8. The second-order valence-corrected chi connectivity index (χ2v) is 6.72. The molecule has 1 aromatic heterocycles. The number of anilines is 2. The molecule has 7 nitrogen and oxygen atoms in total. The number of carbonyl (C=O) groups excluding carboxylic acids is 1. The van der Waals surface area contributed by atoms with Gasteiger partial charge in [-0.2, -0.15) is 0 Å². The van der Waals surface area contributed by atoms with Gasteiger partial charge in [0, 0.05) is 37.7 Å². The van der Waals surface area contributed by atoms with Gasteiger partial charge >= 0.3 is 0 Å². The van der Waals surface area contributed by atoms with Crippen LogP contribution in [0.25, 0.3) is 0 Å². The highest BCUT2D eigenvalue weighted by Crippen LogP contribution is 2.31. The van der Waals surface area contributed by atoms with E-state index < -0.39 is 5.79 Å². The minimum Gasteiger partial charge on any atom is -0.347 e. The van der Waals surface area contributed by atoms with Crippen molar-refractivity contribution in [2.45, 2.75) is 25.6 Å². The van der Waals surface area contributed by atoms with Crippen molar-refractivity contribution in [3.05, 3.63) is 47.7 Å². The maximum Gasteiger partial charge on any atom is 0.272 e. The molecule has 1 spiro atoms. The predicted octanol–water partition coefficient (Wildman–Crippen LogP) is 2.65. The lowest BCUT2D eigenvalue weighted by Gasteiger charge is -2.37. The van der Waals surface area contributed by atoms with Crippen LogP contribution in [0.4, 0.5) is 15.9 Å². The molecule has 0 bridgehead atoms. The van der Waals surface area contributed by atoms with Crippen molar-refractivity contribution in [3.63, 3.8) is 0 Å². The number of nitrogens with one attached hydrogen (secondary N) is 1. The maximum absolute atomic E-state index is 13.1. The molecule has 2 aliphatic heterocycles. The number of aryl methyl sites for hydroxylation is 1. The lowest BCUT2D eigenvalue weighted by molar-refractivity contribution is -0.181. The van der Waals surface area contributed by atoms with E-state index in [4.69, 9.17) is 9.47 Å². The van der Waals surface area contributed by atoms with E-state index in [1.807, 2.05) is 0 Å². The molecular weight excluding hydrogens is 351 g/mol. The van der Waals surface area contributed by atoms with Crippen LogP contribution in [0.5, 0.6) is 0 Å². The predicted molar refractivity (Wildman–Crippen MR) is 96.2 cm³/mol. The van der Waals surface area contributed by atoms with Gasteiger partial charge in [-0.3, -0.25) is 4.79 Å². The quantitative estimate of drug-likeness (QED) is 0.893. The van der Waals surface area contributed by atoms with Crippen LogP contribution in [0.2, 0.25) is 0 Å². The zero-order valence-electron chi connectivity index (χ0n) is 15.1. The molecule has 1 aromatic carbocycles. The van der Waals surface area contributed by atoms with Crippen LogP contribution in [-0.4, -0.2) is 52.9 Å². The van der Waals surface area contributed by atoms with E-state index in [9.17, 15) is 9.18 Å². The van der Waals surface area contributed by atoms with Crippen molar-refractivity contribution in [1.82, 2.24) is 14.9 Å². The minimum absolute atomic E-state index is 0.143. The van der Waals surface area contributed by atoms with Crippen LogP contribution in [0.3, 0.4) is 0 Å². The Labute approximate surface area is 156 Å². The van der Waals surface area contributed by atoms with Crippen molar-refractivity contribution in [2.75, 3.05) is 31.6 Å². The monoisotopic (exact) mass is 372 g/mol. The standard InChI is InChI=1S/C19H21FN4O3/c1-13-21-16(12-17(22-13)23-15-4-2-14(20)3-5-15)18(25)24-8-6-19(7-9-24)26-10-11-27-19/h2-5,12H,6-11H2,1H3,(H,21,22,23). The first-order chi connectivity index (χ1) is 13.0. The highest BCUT2D eigenvalue weighted by atomic mass is 19.1. The second kappa shape index (κ2) is 7.21. The average molecular weight is 372 g/mol. The van der Waals surface area contributed by atoms with E-state index in [1.165, 1.54) is 12.1 Å². The fraction of sp³-hybridized carbons (Fsp3) is 0.421. The van der Waals surface area contributed by atoms with E-state index in [1.54, 1.807) is 30.0 Å². The molecule has 3 heterocycles. The molecule has 0 saturated carbocycles. The Balaban J connectivity index is 1.47. The number of aromatic nitrogens is 2. The molecule has 4 rings (SSSR count). The third-order valence-electron chi connectivity index (χ3n) is 4.80. The van der Waals surface area contributed by atoms with Gasteiger partial charge in [-0.15, -0.1) is 0 Å². The Bertz CT molecular complexity index is 827. The van der Waals surface area contributed by atoms with Crippen molar-refractivity contribution in [1.29, 1.82) is 0 Å². The molecule has 0 atom stereocenters. The summed E-state index contributed by atoms with van der Waals surface area (Å²) in [6.07, 6.45) is 1.31. The Morgan fingerprint density at radius 3 is 2.48 bits per heavy atom. The summed E-state index contributed by atoms with van der Waals surface area (Å²) in [6.45, 7) is 4.07. The Kier molecular flexibility index (Phi) is 4.75. The normalized spacial score (nSPS) is 18.7. The summed E-state index contributed by atoms with van der Waals surface area (Å²) in [5, 5.41) is 3.08. The molecule has 8 heteroatoms. The molecule has 1 amide bonds. The second-order valence-electron chi connectivity index (χ2n) is 6.72. The van der Waals surface area contributed by atoms with Gasteiger partial charge in [0.05, 0.1) is 13.2 Å². The first-order valence-corrected chi connectivity index (χ1v) is 8.99. The average Bonchev–Trinajstić information content (AvgIpc) is 3.11. The summed E-state index contributed by atoms with van der Waals surface area (Å²) >= 11 is 0. The molecular formula is C19H21FN4O3. The lowest BCUT2D eigenvalue weighted by Crippen LogP contribution is -2.47. The Hall–Kier alpha value is -2.58. The molecule has 0 radical (unpaired) electrons. The van der Waals surface area contributed by atoms with Gasteiger partial charge in [0.15, 0.2) is 5.79 Å². The molecule has 27 heavy (non-hydrogen) atoms. The third-order valence-corrected chi connectivity index (χ3v) is 4.80. The number of hydrogen-bond donors (Lipinski definition) is 1. The summed E-state index contributed by atoms with van der Waals surface area (Å²) in [5.41, 5.74) is 1.01. The van der Waals surface area contributed by atoms with Crippen LogP contribution in [0.1, 0.15) is 29.2 Å². The maximum atomic E-state index is 13.1. The van der Waals surface area contributed by atoms with Gasteiger partial charge in [0.25, 0.3) is 5.91 Å². The zero-order chi connectivity index (χ0) is 18.9. The molecule has 2 aliphatic rings. The SMILES string of the molecule is Cc1nc(Nc2ccc(F)cc2)cc(C(=O)N2CCC3(CC2)OCCO3)n1. The number of benzene rings is 1. The van der Waals surface area contributed by atoms with Crippen LogP contribution in [0.15, 0.2) is 30.3 Å². The van der Waals surface area contributed by atoms with Crippen LogP contribution in [0, 0.1) is 12.7 Å². The Morgan fingerprint density at radius 1 is 1.15 bits per heavy atom. The topological polar surface area (TPSA) is 76.6 Å². The van der Waals surface area contributed by atoms with Crippen LogP contribution in [-0.2, 0) is 9.47 Å². The number of hydrogen-bond acceptors (Lipinski definition) is 6. The van der Waals surface area contributed by atoms with Gasteiger partial charge in [0.1, 0.15) is 23.2 Å². The number of carbonyl (C=O) groups is 1. The fourth-order valence-corrected chi connectivity index (χ4v) is 3.42. The molecule has 2 aromatic rings. The number of nitrogens with zero attached hydrogens (tertiary/aromatic N) is 3. The number of likely N-dealkylation sites (tertiary alicyclic amines) is 1.